The lowest BCUT2D eigenvalue weighted by atomic mass is 9.96. The third-order valence-corrected chi connectivity index (χ3v) is 11.4. The normalized spacial score (nSPS) is 11.9. The van der Waals surface area contributed by atoms with E-state index in [1.807, 2.05) is 42.5 Å². The maximum Gasteiger partial charge on any atom is 0.145 e. The fourth-order valence-corrected chi connectivity index (χ4v) is 9.02. The number of rotatable bonds is 3. The number of hydrogen-bond acceptors (Lipinski definition) is 4. The van der Waals surface area contributed by atoms with Gasteiger partial charge in [-0.15, -0.1) is 0 Å². The van der Waals surface area contributed by atoms with Crippen molar-refractivity contribution in [1.29, 1.82) is 10.5 Å². The Hall–Kier alpha value is -8.06. The van der Waals surface area contributed by atoms with Crippen LogP contribution in [0.15, 0.2) is 167 Å². The molecule has 6 nitrogen and oxygen atoms in total. The van der Waals surface area contributed by atoms with Gasteiger partial charge in [0, 0.05) is 49.1 Å². The van der Waals surface area contributed by atoms with E-state index in [2.05, 4.69) is 124 Å². The number of nitriles is 2. The van der Waals surface area contributed by atoms with Crippen LogP contribution in [0.4, 0.5) is 0 Å². The highest BCUT2D eigenvalue weighted by Crippen LogP contribution is 2.45. The molecule has 8 aromatic carbocycles. The Bertz CT molecular complexity index is 3750. The summed E-state index contributed by atoms with van der Waals surface area (Å²) in [5.41, 5.74) is 11.8. The molecule has 0 aliphatic heterocycles. The van der Waals surface area contributed by atoms with Crippen LogP contribution in [0.25, 0.3) is 110 Å². The molecule has 0 radical (unpaired) electrons. The Morgan fingerprint density at radius 3 is 1.55 bits per heavy atom. The SMILES string of the molecule is N#Cc1ccc(-c2ccc(-n3c4ccccc4c4c5oc6ccccc6c5ccc43)cc2-n2c3ccccc3c3c4oc5ccccc5c4ccc32)c(C#N)c1. The van der Waals surface area contributed by atoms with Gasteiger partial charge in [-0.3, -0.25) is 0 Å². The van der Waals surface area contributed by atoms with Crippen LogP contribution in [0.2, 0.25) is 0 Å². The highest BCUT2D eigenvalue weighted by molar-refractivity contribution is 6.25. The minimum Gasteiger partial charge on any atom is -0.455 e. The van der Waals surface area contributed by atoms with E-state index in [1.54, 1.807) is 12.1 Å². The summed E-state index contributed by atoms with van der Waals surface area (Å²) in [6.45, 7) is 0. The van der Waals surface area contributed by atoms with Crippen molar-refractivity contribution in [3.8, 4) is 34.6 Å². The minimum absolute atomic E-state index is 0.433. The summed E-state index contributed by atoms with van der Waals surface area (Å²) in [6, 6.07) is 58.3. The van der Waals surface area contributed by atoms with Crippen LogP contribution >= 0.6 is 0 Å². The van der Waals surface area contributed by atoms with Gasteiger partial charge in [-0.25, -0.2) is 0 Å². The molecule has 12 rings (SSSR count). The summed E-state index contributed by atoms with van der Waals surface area (Å²) in [7, 11) is 0. The lowest BCUT2D eigenvalue weighted by molar-refractivity contribution is 0.672. The van der Waals surface area contributed by atoms with Crippen LogP contribution < -0.4 is 0 Å². The maximum absolute atomic E-state index is 10.4. The highest BCUT2D eigenvalue weighted by atomic mass is 16.3. The summed E-state index contributed by atoms with van der Waals surface area (Å²) in [6.07, 6.45) is 0. The number of hydrogen-bond donors (Lipinski definition) is 0. The molecular weight excluding hydrogens is 689 g/mol. The number of furan rings is 2. The zero-order valence-corrected chi connectivity index (χ0v) is 29.6. The molecule has 0 aliphatic carbocycles. The van der Waals surface area contributed by atoms with Gasteiger partial charge in [0.2, 0.25) is 0 Å². The smallest absolute Gasteiger partial charge is 0.145 e. The molecule has 6 heteroatoms. The lowest BCUT2D eigenvalue weighted by Gasteiger charge is -2.18. The van der Waals surface area contributed by atoms with Crippen LogP contribution in [-0.2, 0) is 0 Å². The second kappa shape index (κ2) is 11.2. The van der Waals surface area contributed by atoms with Crippen LogP contribution in [-0.4, -0.2) is 9.13 Å². The third kappa shape index (κ3) is 4.02. The zero-order chi connectivity index (χ0) is 37.1. The molecule has 0 spiro atoms. The third-order valence-electron chi connectivity index (χ3n) is 11.4. The molecule has 0 unspecified atom stereocenters. The first-order valence-corrected chi connectivity index (χ1v) is 18.5. The van der Waals surface area contributed by atoms with Crippen molar-refractivity contribution in [1.82, 2.24) is 9.13 Å². The number of fused-ring (bicyclic) bond motifs is 14. The number of para-hydroxylation sites is 4. The standard InChI is InChI=1S/C50H26N4O2/c51-27-29-17-19-32(30(25-29)28-52)33-20-18-31(53-40-13-5-1-11-38(40)47-42(53)23-21-36-34-9-3-7-15-45(34)55-49(36)47)26-44(33)54-41-14-6-2-12-39(41)48-43(54)24-22-37-35-10-4-8-16-46(35)56-50(37)48/h1-26H. The molecule has 0 bridgehead atoms. The van der Waals surface area contributed by atoms with Crippen LogP contribution in [0.1, 0.15) is 11.1 Å². The van der Waals surface area contributed by atoms with E-state index in [9.17, 15) is 10.5 Å². The topological polar surface area (TPSA) is 83.7 Å². The lowest BCUT2D eigenvalue weighted by Crippen LogP contribution is -2.02. The average molecular weight is 715 g/mol. The largest absolute Gasteiger partial charge is 0.455 e. The quantitative estimate of drug-likeness (QED) is 0.182. The molecule has 0 aliphatic rings. The Morgan fingerprint density at radius 2 is 0.946 bits per heavy atom. The first-order chi connectivity index (χ1) is 27.7. The first kappa shape index (κ1) is 30.4. The molecule has 0 saturated heterocycles. The average Bonchev–Trinajstić information content (AvgIpc) is 4.00. The monoisotopic (exact) mass is 714 g/mol. The summed E-state index contributed by atoms with van der Waals surface area (Å²) >= 11 is 0. The van der Waals surface area contributed by atoms with Crippen molar-refractivity contribution < 1.29 is 8.83 Å². The van der Waals surface area contributed by atoms with Gasteiger partial charge in [0.05, 0.1) is 61.8 Å². The fourth-order valence-electron chi connectivity index (χ4n) is 9.02. The zero-order valence-electron chi connectivity index (χ0n) is 29.6. The summed E-state index contributed by atoms with van der Waals surface area (Å²) < 4.78 is 17.8. The molecule has 12 aromatic rings. The minimum atomic E-state index is 0.433. The molecular formula is C50H26N4O2. The van der Waals surface area contributed by atoms with Crippen molar-refractivity contribution in [3.05, 3.63) is 169 Å². The second-order valence-electron chi connectivity index (χ2n) is 14.3. The molecule has 0 fully saturated rings. The van der Waals surface area contributed by atoms with Crippen molar-refractivity contribution in [2.75, 3.05) is 0 Å². The number of aromatic nitrogens is 2. The van der Waals surface area contributed by atoms with Crippen LogP contribution in [0.3, 0.4) is 0 Å². The van der Waals surface area contributed by atoms with E-state index in [-0.39, 0.29) is 0 Å². The van der Waals surface area contributed by atoms with Gasteiger partial charge in [0.15, 0.2) is 0 Å². The van der Waals surface area contributed by atoms with Gasteiger partial charge >= 0.3 is 0 Å². The molecule has 4 aromatic heterocycles. The van der Waals surface area contributed by atoms with Gasteiger partial charge in [-0.2, -0.15) is 10.5 Å². The van der Waals surface area contributed by atoms with Gasteiger partial charge in [0.25, 0.3) is 0 Å². The summed E-state index contributed by atoms with van der Waals surface area (Å²) in [5, 5.41) is 28.7. The Morgan fingerprint density at radius 1 is 0.411 bits per heavy atom. The van der Waals surface area contributed by atoms with Crippen molar-refractivity contribution in [3.63, 3.8) is 0 Å². The highest BCUT2D eigenvalue weighted by Gasteiger charge is 2.24. The van der Waals surface area contributed by atoms with Gasteiger partial charge in [-0.1, -0.05) is 84.9 Å². The Kier molecular flexibility index (Phi) is 6.10. The van der Waals surface area contributed by atoms with Crippen LogP contribution in [0, 0.1) is 22.7 Å². The second-order valence-corrected chi connectivity index (χ2v) is 14.3. The summed E-state index contributed by atoms with van der Waals surface area (Å²) in [4.78, 5) is 0. The van der Waals surface area contributed by atoms with E-state index in [1.165, 1.54) is 0 Å². The fraction of sp³-hybridized carbons (Fsp3) is 0. The predicted molar refractivity (Wildman–Crippen MR) is 225 cm³/mol. The summed E-state index contributed by atoms with van der Waals surface area (Å²) in [5.74, 6) is 0. The van der Waals surface area contributed by atoms with Crippen molar-refractivity contribution in [2.24, 2.45) is 0 Å². The van der Waals surface area contributed by atoms with Crippen LogP contribution in [0.5, 0.6) is 0 Å². The van der Waals surface area contributed by atoms with Gasteiger partial charge in [0.1, 0.15) is 22.3 Å². The van der Waals surface area contributed by atoms with E-state index in [0.29, 0.717) is 11.1 Å². The molecule has 4 heterocycles. The predicted octanol–water partition coefficient (Wildman–Crippen LogP) is 13.1. The van der Waals surface area contributed by atoms with E-state index in [0.717, 1.165) is 110 Å². The van der Waals surface area contributed by atoms with Crippen molar-refractivity contribution >= 4 is 87.5 Å². The molecule has 56 heavy (non-hydrogen) atoms. The van der Waals surface area contributed by atoms with Crippen molar-refractivity contribution in [2.45, 2.75) is 0 Å². The van der Waals surface area contributed by atoms with E-state index >= 15 is 0 Å². The number of nitrogens with zero attached hydrogens (tertiary/aromatic N) is 4. The Balaban J connectivity index is 1.22. The van der Waals surface area contributed by atoms with Gasteiger partial charge < -0.3 is 18.0 Å². The molecule has 0 atom stereocenters. The molecule has 0 saturated carbocycles. The maximum atomic E-state index is 10.4. The number of benzene rings is 8. The first-order valence-electron chi connectivity index (χ1n) is 18.5. The molecule has 0 N–H and O–H groups in total. The molecule has 258 valence electrons. The molecule has 0 amide bonds. The Labute approximate surface area is 318 Å². The van der Waals surface area contributed by atoms with E-state index in [4.69, 9.17) is 8.83 Å². The van der Waals surface area contributed by atoms with E-state index < -0.39 is 0 Å². The van der Waals surface area contributed by atoms with Gasteiger partial charge in [-0.05, 0) is 72.8 Å².